The van der Waals surface area contributed by atoms with Gasteiger partial charge in [-0.3, -0.25) is 9.59 Å². The lowest BCUT2D eigenvalue weighted by Gasteiger charge is -2.28. The van der Waals surface area contributed by atoms with Crippen LogP contribution in [0.3, 0.4) is 0 Å². The summed E-state index contributed by atoms with van der Waals surface area (Å²) in [5.41, 5.74) is 6.64. The molecule has 0 aliphatic carbocycles. The summed E-state index contributed by atoms with van der Waals surface area (Å²) in [7, 11) is -1.26. The number of oxime groups is 1. The third kappa shape index (κ3) is 3.46. The molecule has 4 N–H and O–H groups in total. The lowest BCUT2D eigenvalue weighted by molar-refractivity contribution is -0.113. The summed E-state index contributed by atoms with van der Waals surface area (Å²) < 4.78 is 5.51. The van der Waals surface area contributed by atoms with E-state index < -0.39 is 18.7 Å². The monoisotopic (exact) mass is 373 g/mol. The van der Waals surface area contributed by atoms with E-state index in [0.717, 1.165) is 16.9 Å². The Morgan fingerprint density at radius 1 is 1.50 bits per heavy atom. The number of rotatable bonds is 5. The zero-order chi connectivity index (χ0) is 18.8. The highest BCUT2D eigenvalue weighted by molar-refractivity contribution is 7.13. The van der Waals surface area contributed by atoms with Gasteiger partial charge in [-0.05, 0) is 25.0 Å². The smallest absolute Gasteiger partial charge is 0.526 e. The number of nitrogens with zero attached hydrogens (tertiary/aromatic N) is 2. The Kier molecular flexibility index (Phi) is 5.05. The van der Waals surface area contributed by atoms with Crippen LogP contribution >= 0.6 is 11.3 Å². The van der Waals surface area contributed by atoms with Crippen molar-refractivity contribution in [3.05, 3.63) is 40.4 Å². The maximum absolute atomic E-state index is 12.5. The molecule has 0 spiro atoms. The molecule has 134 valence electrons. The molecule has 0 saturated heterocycles. The molecule has 1 aliphatic rings. The van der Waals surface area contributed by atoms with Gasteiger partial charge in [0.2, 0.25) is 0 Å². The Balaban J connectivity index is 1.80. The maximum atomic E-state index is 12.5. The standard InChI is InChI=1S/C16H16BN3O5S/c1-8(21)11-4-2-3-9-5-10(17(23)25-15(9)11)6-13(22)14(20-24)12-7-26-16(18)19-12/h2-4,7,10,23-24H,5-6H2,1H3,(H2,18,19)/b20-14-/t10-/m0/s1. The number of ketones is 2. The molecule has 0 bridgehead atoms. The summed E-state index contributed by atoms with van der Waals surface area (Å²) in [5, 5.41) is 24.2. The molecule has 1 atom stereocenters. The molecule has 1 aromatic carbocycles. The van der Waals surface area contributed by atoms with Crippen molar-refractivity contribution in [1.29, 1.82) is 0 Å². The molecule has 1 aromatic heterocycles. The van der Waals surface area contributed by atoms with Crippen LogP contribution in [0.5, 0.6) is 5.75 Å². The predicted molar refractivity (Wildman–Crippen MR) is 97.0 cm³/mol. The van der Waals surface area contributed by atoms with Gasteiger partial charge in [-0.15, -0.1) is 11.3 Å². The van der Waals surface area contributed by atoms with E-state index in [1.807, 2.05) is 0 Å². The van der Waals surface area contributed by atoms with E-state index in [0.29, 0.717) is 17.7 Å². The molecule has 10 heteroatoms. The van der Waals surface area contributed by atoms with Gasteiger partial charge in [-0.2, -0.15) is 0 Å². The second kappa shape index (κ2) is 7.26. The number of aromatic nitrogens is 1. The topological polar surface area (TPSA) is 135 Å². The Hall–Kier alpha value is -2.72. The van der Waals surface area contributed by atoms with E-state index in [-0.39, 0.29) is 28.7 Å². The Morgan fingerprint density at radius 3 is 2.88 bits per heavy atom. The Bertz CT molecular complexity index is 898. The SMILES string of the molecule is CC(=O)c1cccc2c1OB(O)[C@H](CC(=O)/C(=N\O)c1csc(N)n1)C2. The largest absolute Gasteiger partial charge is 0.535 e. The van der Waals surface area contributed by atoms with E-state index >= 15 is 0 Å². The summed E-state index contributed by atoms with van der Waals surface area (Å²) in [5.74, 6) is -0.861. The van der Waals surface area contributed by atoms with Crippen molar-refractivity contribution >= 4 is 40.9 Å². The van der Waals surface area contributed by atoms with Crippen LogP contribution in [0.2, 0.25) is 5.82 Å². The van der Waals surface area contributed by atoms with Gasteiger partial charge >= 0.3 is 7.12 Å². The molecule has 0 saturated carbocycles. The van der Waals surface area contributed by atoms with Crippen molar-refractivity contribution in [2.75, 3.05) is 5.73 Å². The van der Waals surface area contributed by atoms with E-state index in [2.05, 4.69) is 10.1 Å². The summed E-state index contributed by atoms with van der Waals surface area (Å²) in [6.45, 7) is 1.42. The number of anilines is 1. The van der Waals surface area contributed by atoms with Gasteiger partial charge in [0.1, 0.15) is 11.4 Å². The number of nitrogens with two attached hydrogens (primary N) is 1. The first-order valence-electron chi connectivity index (χ1n) is 7.85. The predicted octanol–water partition coefficient (Wildman–Crippen LogP) is 1.55. The minimum Gasteiger partial charge on any atom is -0.535 e. The molecule has 0 unspecified atom stereocenters. The van der Waals surface area contributed by atoms with Crippen molar-refractivity contribution < 1.29 is 24.5 Å². The minimum atomic E-state index is -1.26. The number of para-hydroxylation sites is 1. The van der Waals surface area contributed by atoms with E-state index in [1.165, 1.54) is 12.3 Å². The summed E-state index contributed by atoms with van der Waals surface area (Å²) in [4.78, 5) is 28.1. The van der Waals surface area contributed by atoms with Crippen LogP contribution in [0.25, 0.3) is 0 Å². The normalized spacial score (nSPS) is 16.8. The van der Waals surface area contributed by atoms with Crippen molar-refractivity contribution in [1.82, 2.24) is 4.98 Å². The van der Waals surface area contributed by atoms with Crippen LogP contribution in [0.4, 0.5) is 5.13 Å². The first kappa shape index (κ1) is 18.1. The highest BCUT2D eigenvalue weighted by atomic mass is 32.1. The number of carbonyl (C=O) groups is 2. The first-order chi connectivity index (χ1) is 12.4. The number of benzene rings is 1. The van der Waals surface area contributed by atoms with Crippen molar-refractivity contribution in [2.24, 2.45) is 5.16 Å². The second-order valence-electron chi connectivity index (χ2n) is 5.97. The van der Waals surface area contributed by atoms with Crippen LogP contribution in [0, 0.1) is 0 Å². The Morgan fingerprint density at radius 2 is 2.27 bits per heavy atom. The summed E-state index contributed by atoms with van der Waals surface area (Å²) in [6.07, 6.45) is 0.239. The van der Waals surface area contributed by atoms with Gasteiger partial charge in [-0.1, -0.05) is 17.3 Å². The number of thiazole rings is 1. The molecule has 0 amide bonds. The number of Topliss-reactive ketones (excluding diaryl/α,β-unsaturated/α-hetero) is 2. The molecule has 8 nitrogen and oxygen atoms in total. The minimum absolute atomic E-state index is 0.109. The molecule has 2 aromatic rings. The van der Waals surface area contributed by atoms with Gasteiger partial charge in [0, 0.05) is 17.6 Å². The van der Waals surface area contributed by atoms with Gasteiger partial charge in [0.15, 0.2) is 22.4 Å². The molecule has 2 heterocycles. The summed E-state index contributed by atoms with van der Waals surface area (Å²) in [6, 6.07) is 5.14. The van der Waals surface area contributed by atoms with Gasteiger partial charge in [-0.25, -0.2) is 4.98 Å². The molecular formula is C16H16BN3O5S. The van der Waals surface area contributed by atoms with Crippen LogP contribution < -0.4 is 10.4 Å². The molecular weight excluding hydrogens is 357 g/mol. The summed E-state index contributed by atoms with van der Waals surface area (Å²) >= 11 is 1.12. The Labute approximate surface area is 153 Å². The van der Waals surface area contributed by atoms with E-state index in [1.54, 1.807) is 18.2 Å². The third-order valence-electron chi connectivity index (χ3n) is 4.18. The van der Waals surface area contributed by atoms with Gasteiger partial charge in [0.25, 0.3) is 0 Å². The molecule has 0 radical (unpaired) electrons. The van der Waals surface area contributed by atoms with Crippen LogP contribution in [-0.4, -0.2) is 39.6 Å². The zero-order valence-corrected chi connectivity index (χ0v) is 14.7. The molecule has 0 fully saturated rings. The van der Waals surface area contributed by atoms with Crippen molar-refractivity contribution in [2.45, 2.75) is 25.6 Å². The third-order valence-corrected chi connectivity index (χ3v) is 4.85. The number of hydrogen-bond acceptors (Lipinski definition) is 9. The number of nitrogen functional groups attached to an aromatic ring is 1. The number of hydrogen-bond donors (Lipinski definition) is 3. The second-order valence-corrected chi connectivity index (χ2v) is 6.86. The van der Waals surface area contributed by atoms with E-state index in [9.17, 15) is 14.6 Å². The quantitative estimate of drug-likeness (QED) is 0.238. The molecule has 26 heavy (non-hydrogen) atoms. The highest BCUT2D eigenvalue weighted by Gasteiger charge is 2.38. The fraction of sp³-hybridized carbons (Fsp3) is 0.250. The average Bonchev–Trinajstić information content (AvgIpc) is 3.01. The van der Waals surface area contributed by atoms with E-state index in [4.69, 9.17) is 15.6 Å². The average molecular weight is 373 g/mol. The first-order valence-corrected chi connectivity index (χ1v) is 8.72. The molecule has 1 aliphatic heterocycles. The maximum Gasteiger partial charge on any atom is 0.526 e. The van der Waals surface area contributed by atoms with Crippen molar-refractivity contribution in [3.63, 3.8) is 0 Å². The fourth-order valence-corrected chi connectivity index (χ4v) is 3.46. The van der Waals surface area contributed by atoms with Crippen molar-refractivity contribution in [3.8, 4) is 5.75 Å². The number of fused-ring (bicyclic) bond motifs is 1. The van der Waals surface area contributed by atoms with Crippen LogP contribution in [-0.2, 0) is 11.2 Å². The van der Waals surface area contributed by atoms with Gasteiger partial charge < -0.3 is 20.6 Å². The zero-order valence-electron chi connectivity index (χ0n) is 13.9. The number of carbonyl (C=O) groups excluding carboxylic acids is 2. The van der Waals surface area contributed by atoms with Gasteiger partial charge in [0.05, 0.1) is 5.56 Å². The highest BCUT2D eigenvalue weighted by Crippen LogP contribution is 2.36. The van der Waals surface area contributed by atoms with Crippen LogP contribution in [0.15, 0.2) is 28.7 Å². The van der Waals surface area contributed by atoms with Crippen LogP contribution in [0.1, 0.15) is 35.0 Å². The fourth-order valence-electron chi connectivity index (χ4n) is 2.92. The molecule has 3 rings (SSSR count). The lowest BCUT2D eigenvalue weighted by Crippen LogP contribution is -2.36. The lowest BCUT2D eigenvalue weighted by atomic mass is 9.64.